The molecule has 2 rings (SSSR count). The van der Waals surface area contributed by atoms with Gasteiger partial charge in [-0.25, -0.2) is 0 Å². The second-order valence-corrected chi connectivity index (χ2v) is 5.43. The molecular formula is C16H20N4O3. The molecular weight excluding hydrogens is 296 g/mol. The van der Waals surface area contributed by atoms with Crippen LogP contribution in [0.15, 0.2) is 24.4 Å². The molecule has 122 valence electrons. The van der Waals surface area contributed by atoms with Crippen LogP contribution in [0.4, 0.5) is 5.69 Å². The van der Waals surface area contributed by atoms with Gasteiger partial charge in [-0.3, -0.25) is 19.6 Å². The minimum Gasteiger partial charge on any atom is -0.345 e. The predicted molar refractivity (Wildman–Crippen MR) is 86.4 cm³/mol. The second kappa shape index (κ2) is 6.60. The third-order valence-electron chi connectivity index (χ3n) is 3.87. The normalized spacial score (nSPS) is 12.0. The minimum absolute atomic E-state index is 0.0553. The fourth-order valence-electron chi connectivity index (χ4n) is 2.54. The molecule has 0 fully saturated rings. The van der Waals surface area contributed by atoms with E-state index < -0.39 is 4.92 Å². The Kier molecular flexibility index (Phi) is 4.78. The number of benzene rings is 1. The average molecular weight is 316 g/mol. The number of nitro groups is 1. The molecule has 23 heavy (non-hydrogen) atoms. The number of aromatic nitrogens is 2. The van der Waals surface area contributed by atoms with Gasteiger partial charge in [-0.1, -0.05) is 6.07 Å². The molecule has 0 saturated heterocycles. The van der Waals surface area contributed by atoms with Crippen molar-refractivity contribution in [2.75, 3.05) is 0 Å². The van der Waals surface area contributed by atoms with Gasteiger partial charge >= 0.3 is 0 Å². The van der Waals surface area contributed by atoms with E-state index in [1.807, 2.05) is 31.6 Å². The van der Waals surface area contributed by atoms with Crippen molar-refractivity contribution >= 4 is 11.6 Å². The van der Waals surface area contributed by atoms with Crippen LogP contribution in [0.1, 0.15) is 47.1 Å². The highest BCUT2D eigenvalue weighted by molar-refractivity contribution is 5.96. The standard InChI is InChI=1S/C16H20N4O3/c1-5-19-9-14(12(4)18-19)11(3)17-16(21)13-7-6-8-15(10(13)2)20(22)23/h6-9,11H,5H2,1-4H3,(H,17,21). The number of hydrogen-bond donors (Lipinski definition) is 1. The zero-order valence-electron chi connectivity index (χ0n) is 13.7. The molecule has 1 amide bonds. The largest absolute Gasteiger partial charge is 0.345 e. The number of carbonyl (C=O) groups excluding carboxylic acids is 1. The Morgan fingerprint density at radius 3 is 2.70 bits per heavy atom. The summed E-state index contributed by atoms with van der Waals surface area (Å²) in [6.07, 6.45) is 1.90. The van der Waals surface area contributed by atoms with Crippen molar-refractivity contribution in [1.29, 1.82) is 0 Å². The second-order valence-electron chi connectivity index (χ2n) is 5.43. The lowest BCUT2D eigenvalue weighted by Gasteiger charge is -2.14. The first-order valence-electron chi connectivity index (χ1n) is 7.44. The van der Waals surface area contributed by atoms with Crippen LogP contribution in [-0.4, -0.2) is 20.6 Å². The monoisotopic (exact) mass is 316 g/mol. The molecule has 1 N–H and O–H groups in total. The van der Waals surface area contributed by atoms with Crippen LogP contribution in [0.5, 0.6) is 0 Å². The molecule has 0 saturated carbocycles. The molecule has 7 heteroatoms. The van der Waals surface area contributed by atoms with Crippen molar-refractivity contribution in [2.24, 2.45) is 0 Å². The molecule has 1 aromatic heterocycles. The van der Waals surface area contributed by atoms with Gasteiger partial charge in [-0.05, 0) is 33.8 Å². The van der Waals surface area contributed by atoms with Crippen molar-refractivity contribution in [3.63, 3.8) is 0 Å². The van der Waals surface area contributed by atoms with E-state index in [-0.39, 0.29) is 17.6 Å². The van der Waals surface area contributed by atoms with E-state index >= 15 is 0 Å². The van der Waals surface area contributed by atoms with E-state index in [4.69, 9.17) is 0 Å². The van der Waals surface area contributed by atoms with Gasteiger partial charge in [-0.2, -0.15) is 5.10 Å². The molecule has 0 aliphatic carbocycles. The van der Waals surface area contributed by atoms with E-state index in [1.165, 1.54) is 12.1 Å². The van der Waals surface area contributed by atoms with Crippen molar-refractivity contribution in [1.82, 2.24) is 15.1 Å². The topological polar surface area (TPSA) is 90.1 Å². The molecule has 0 aliphatic rings. The highest BCUT2D eigenvalue weighted by atomic mass is 16.6. The first-order chi connectivity index (χ1) is 10.8. The summed E-state index contributed by atoms with van der Waals surface area (Å²) in [5.41, 5.74) is 2.41. The van der Waals surface area contributed by atoms with Gasteiger partial charge in [0.25, 0.3) is 11.6 Å². The Hall–Kier alpha value is -2.70. The molecule has 0 bridgehead atoms. The van der Waals surface area contributed by atoms with Gasteiger partial charge in [-0.15, -0.1) is 0 Å². The zero-order valence-corrected chi connectivity index (χ0v) is 13.7. The molecule has 1 unspecified atom stereocenters. The molecule has 0 radical (unpaired) electrons. The molecule has 2 aromatic rings. The molecule has 1 heterocycles. The first-order valence-corrected chi connectivity index (χ1v) is 7.44. The van der Waals surface area contributed by atoms with E-state index in [0.717, 1.165) is 17.8 Å². The van der Waals surface area contributed by atoms with E-state index in [0.29, 0.717) is 11.1 Å². The van der Waals surface area contributed by atoms with Gasteiger partial charge in [0.2, 0.25) is 0 Å². The Balaban J connectivity index is 2.23. The van der Waals surface area contributed by atoms with Crippen molar-refractivity contribution < 1.29 is 9.72 Å². The summed E-state index contributed by atoms with van der Waals surface area (Å²) in [4.78, 5) is 23.0. The summed E-state index contributed by atoms with van der Waals surface area (Å²) in [5, 5.41) is 18.2. The number of nitrogens with one attached hydrogen (secondary N) is 1. The molecule has 1 atom stereocenters. The maximum Gasteiger partial charge on any atom is 0.273 e. The Morgan fingerprint density at radius 2 is 2.13 bits per heavy atom. The summed E-state index contributed by atoms with van der Waals surface area (Å²) < 4.78 is 1.81. The third-order valence-corrected chi connectivity index (χ3v) is 3.87. The lowest BCUT2D eigenvalue weighted by atomic mass is 10.0. The number of rotatable bonds is 5. The van der Waals surface area contributed by atoms with E-state index in [1.54, 1.807) is 13.0 Å². The Bertz CT molecular complexity index is 752. The first kappa shape index (κ1) is 16.7. The molecule has 1 aromatic carbocycles. The maximum absolute atomic E-state index is 12.5. The van der Waals surface area contributed by atoms with Gasteiger partial charge in [0.1, 0.15) is 0 Å². The fourth-order valence-corrected chi connectivity index (χ4v) is 2.54. The van der Waals surface area contributed by atoms with Crippen LogP contribution in [0.25, 0.3) is 0 Å². The van der Waals surface area contributed by atoms with Crippen molar-refractivity contribution in [3.05, 3.63) is 56.9 Å². The molecule has 0 aliphatic heterocycles. The number of hydrogen-bond acceptors (Lipinski definition) is 4. The van der Waals surface area contributed by atoms with Crippen LogP contribution in [0.2, 0.25) is 0 Å². The SMILES string of the molecule is CCn1cc(C(C)NC(=O)c2cccc([N+](=O)[O-])c2C)c(C)n1. The van der Waals surface area contributed by atoms with Crippen LogP contribution in [0, 0.1) is 24.0 Å². The number of nitro benzene ring substituents is 1. The summed E-state index contributed by atoms with van der Waals surface area (Å²) in [6.45, 7) is 8.09. The lowest BCUT2D eigenvalue weighted by Crippen LogP contribution is -2.27. The quantitative estimate of drug-likeness (QED) is 0.678. The van der Waals surface area contributed by atoms with Gasteiger partial charge in [0.05, 0.1) is 16.7 Å². The molecule has 0 spiro atoms. The lowest BCUT2D eigenvalue weighted by molar-refractivity contribution is -0.385. The van der Waals surface area contributed by atoms with E-state index in [2.05, 4.69) is 10.4 Å². The van der Waals surface area contributed by atoms with Gasteiger partial charge in [0, 0.05) is 35.5 Å². The number of amides is 1. The van der Waals surface area contributed by atoms with Crippen LogP contribution >= 0.6 is 0 Å². The number of carbonyl (C=O) groups is 1. The van der Waals surface area contributed by atoms with Crippen LogP contribution < -0.4 is 5.32 Å². The van der Waals surface area contributed by atoms with Gasteiger partial charge in [0.15, 0.2) is 0 Å². The molecule has 7 nitrogen and oxygen atoms in total. The highest BCUT2D eigenvalue weighted by Gasteiger charge is 2.20. The van der Waals surface area contributed by atoms with Crippen molar-refractivity contribution in [2.45, 2.75) is 40.3 Å². The van der Waals surface area contributed by atoms with Gasteiger partial charge < -0.3 is 5.32 Å². The predicted octanol–water partition coefficient (Wildman–Crippen LogP) is 2.92. The Morgan fingerprint density at radius 1 is 1.43 bits per heavy atom. The van der Waals surface area contributed by atoms with E-state index in [9.17, 15) is 14.9 Å². The summed E-state index contributed by atoms with van der Waals surface area (Å²) in [7, 11) is 0. The Labute approximate surface area is 134 Å². The minimum atomic E-state index is -0.481. The summed E-state index contributed by atoms with van der Waals surface area (Å²) >= 11 is 0. The fraction of sp³-hybridized carbons (Fsp3) is 0.375. The average Bonchev–Trinajstić information content (AvgIpc) is 2.88. The highest BCUT2D eigenvalue weighted by Crippen LogP contribution is 2.22. The summed E-state index contributed by atoms with van der Waals surface area (Å²) in [5.74, 6) is -0.331. The van der Waals surface area contributed by atoms with Crippen LogP contribution in [0.3, 0.4) is 0 Å². The number of nitrogens with zero attached hydrogens (tertiary/aromatic N) is 3. The third kappa shape index (κ3) is 3.39. The van der Waals surface area contributed by atoms with Crippen molar-refractivity contribution in [3.8, 4) is 0 Å². The van der Waals surface area contributed by atoms with Crippen LogP contribution in [-0.2, 0) is 6.54 Å². The zero-order chi connectivity index (χ0) is 17.1. The smallest absolute Gasteiger partial charge is 0.273 e. The summed E-state index contributed by atoms with van der Waals surface area (Å²) in [6, 6.07) is 4.27. The number of aryl methyl sites for hydroxylation is 2. The maximum atomic E-state index is 12.5.